The number of piperidine rings is 1. The molecule has 2 aromatic heterocycles. The first-order valence-corrected chi connectivity index (χ1v) is 11.0. The van der Waals surface area contributed by atoms with Crippen LogP contribution in [-0.2, 0) is 0 Å². The normalized spacial score (nSPS) is 14.2. The van der Waals surface area contributed by atoms with E-state index in [1.165, 1.54) is 6.42 Å². The molecule has 0 aliphatic carbocycles. The van der Waals surface area contributed by atoms with Crippen molar-refractivity contribution in [2.24, 2.45) is 0 Å². The number of thiazole rings is 1. The third-order valence-corrected chi connectivity index (χ3v) is 6.60. The molecule has 0 radical (unpaired) electrons. The fourth-order valence-corrected chi connectivity index (χ4v) is 4.89. The van der Waals surface area contributed by atoms with Crippen molar-refractivity contribution in [1.29, 1.82) is 0 Å². The zero-order chi connectivity index (χ0) is 20.5. The Morgan fingerprint density at radius 1 is 0.967 bits per heavy atom. The van der Waals surface area contributed by atoms with E-state index in [0.29, 0.717) is 11.4 Å². The van der Waals surface area contributed by atoms with Gasteiger partial charge in [-0.15, -0.1) is 11.3 Å². The summed E-state index contributed by atoms with van der Waals surface area (Å²) in [7, 11) is 0. The third kappa shape index (κ3) is 3.55. The lowest BCUT2D eigenvalue weighted by Gasteiger charge is -2.26. The van der Waals surface area contributed by atoms with Crippen LogP contribution in [0.25, 0.3) is 31.9 Å². The van der Waals surface area contributed by atoms with E-state index in [1.807, 2.05) is 53.4 Å². The van der Waals surface area contributed by atoms with Crippen molar-refractivity contribution < 1.29 is 4.79 Å². The van der Waals surface area contributed by atoms with Crippen molar-refractivity contribution >= 4 is 33.3 Å². The van der Waals surface area contributed by atoms with Crippen LogP contribution in [-0.4, -0.2) is 33.9 Å². The van der Waals surface area contributed by atoms with Crippen LogP contribution in [0.1, 0.15) is 29.6 Å². The Morgan fingerprint density at radius 2 is 1.80 bits per heavy atom. The molecule has 5 rings (SSSR count). The van der Waals surface area contributed by atoms with Crippen LogP contribution in [0.2, 0.25) is 0 Å². The van der Waals surface area contributed by atoms with E-state index in [2.05, 4.69) is 11.1 Å². The summed E-state index contributed by atoms with van der Waals surface area (Å²) in [5.41, 5.74) is 10.6. The molecule has 0 spiro atoms. The van der Waals surface area contributed by atoms with Gasteiger partial charge in [0.2, 0.25) is 0 Å². The van der Waals surface area contributed by atoms with Gasteiger partial charge in [-0.2, -0.15) is 0 Å². The maximum Gasteiger partial charge on any atom is 0.253 e. The van der Waals surface area contributed by atoms with E-state index in [9.17, 15) is 4.79 Å². The number of hydrogen-bond acceptors (Lipinski definition) is 5. The van der Waals surface area contributed by atoms with E-state index < -0.39 is 0 Å². The van der Waals surface area contributed by atoms with Gasteiger partial charge in [-0.3, -0.25) is 4.79 Å². The van der Waals surface area contributed by atoms with Gasteiger partial charge in [-0.1, -0.05) is 24.3 Å². The number of pyridine rings is 1. The van der Waals surface area contributed by atoms with Crippen molar-refractivity contribution in [3.8, 4) is 21.7 Å². The van der Waals surface area contributed by atoms with E-state index >= 15 is 0 Å². The van der Waals surface area contributed by atoms with Gasteiger partial charge in [-0.05, 0) is 55.2 Å². The lowest BCUT2D eigenvalue weighted by Crippen LogP contribution is -2.35. The van der Waals surface area contributed by atoms with Gasteiger partial charge in [0, 0.05) is 30.4 Å². The minimum Gasteiger partial charge on any atom is -0.383 e. The highest BCUT2D eigenvalue weighted by molar-refractivity contribution is 7.21. The van der Waals surface area contributed by atoms with Crippen LogP contribution < -0.4 is 5.73 Å². The Bertz CT molecular complexity index is 1190. The highest BCUT2D eigenvalue weighted by Gasteiger charge is 2.19. The standard InChI is InChI=1S/C24H22N4OS/c25-22-19(23-27-20-9-2-3-10-21(20)30-23)14-18(15-26-22)16-7-6-8-17(13-16)24(29)28-11-4-1-5-12-28/h2-3,6-10,13-15H,1,4-5,11-12H2,(H2,25,26). The van der Waals surface area contributed by atoms with Gasteiger partial charge in [0.25, 0.3) is 5.91 Å². The number of nitrogen functional groups attached to an aromatic ring is 1. The predicted octanol–water partition coefficient (Wildman–Crippen LogP) is 5.23. The highest BCUT2D eigenvalue weighted by atomic mass is 32.1. The first-order valence-electron chi connectivity index (χ1n) is 10.2. The van der Waals surface area contributed by atoms with E-state index in [1.54, 1.807) is 17.5 Å². The van der Waals surface area contributed by atoms with Crippen molar-refractivity contribution in [2.75, 3.05) is 18.8 Å². The van der Waals surface area contributed by atoms with Gasteiger partial charge < -0.3 is 10.6 Å². The Labute approximate surface area is 179 Å². The largest absolute Gasteiger partial charge is 0.383 e. The third-order valence-electron chi connectivity index (χ3n) is 5.53. The molecule has 1 amide bonds. The maximum atomic E-state index is 12.9. The second-order valence-corrected chi connectivity index (χ2v) is 8.61. The molecule has 1 saturated heterocycles. The van der Waals surface area contributed by atoms with Crippen LogP contribution in [0.5, 0.6) is 0 Å². The number of benzene rings is 2. The molecule has 1 fully saturated rings. The van der Waals surface area contributed by atoms with Gasteiger partial charge in [0.15, 0.2) is 0 Å². The fraction of sp³-hybridized carbons (Fsp3) is 0.208. The Balaban J connectivity index is 1.50. The summed E-state index contributed by atoms with van der Waals surface area (Å²) in [5.74, 6) is 0.560. The number of aromatic nitrogens is 2. The predicted molar refractivity (Wildman–Crippen MR) is 122 cm³/mol. The van der Waals surface area contributed by atoms with Crippen molar-refractivity contribution in [3.63, 3.8) is 0 Å². The molecule has 4 aromatic rings. The molecule has 0 bridgehead atoms. The molecule has 6 heteroatoms. The number of rotatable bonds is 3. The zero-order valence-corrected chi connectivity index (χ0v) is 17.4. The van der Waals surface area contributed by atoms with Crippen molar-refractivity contribution in [2.45, 2.75) is 19.3 Å². The van der Waals surface area contributed by atoms with Crippen LogP contribution in [0.4, 0.5) is 5.82 Å². The fourth-order valence-electron chi connectivity index (χ4n) is 3.90. The second-order valence-electron chi connectivity index (χ2n) is 7.58. The van der Waals surface area contributed by atoms with Gasteiger partial charge in [-0.25, -0.2) is 9.97 Å². The Kier molecular flexibility index (Phi) is 4.93. The summed E-state index contributed by atoms with van der Waals surface area (Å²) in [6.45, 7) is 1.68. The molecule has 2 N–H and O–H groups in total. The number of amides is 1. The summed E-state index contributed by atoms with van der Waals surface area (Å²) in [5, 5.41) is 0.851. The number of para-hydroxylation sites is 1. The molecule has 1 aliphatic heterocycles. The molecule has 1 aliphatic rings. The molecule has 30 heavy (non-hydrogen) atoms. The number of hydrogen-bond donors (Lipinski definition) is 1. The quantitative estimate of drug-likeness (QED) is 0.498. The molecular weight excluding hydrogens is 392 g/mol. The molecule has 150 valence electrons. The molecular formula is C24H22N4OS. The average molecular weight is 415 g/mol. The second kappa shape index (κ2) is 7.88. The van der Waals surface area contributed by atoms with Crippen molar-refractivity contribution in [3.05, 3.63) is 66.4 Å². The molecule has 0 unspecified atom stereocenters. The van der Waals surface area contributed by atoms with Gasteiger partial charge in [0.05, 0.1) is 15.8 Å². The van der Waals surface area contributed by atoms with E-state index in [4.69, 9.17) is 10.7 Å². The maximum absolute atomic E-state index is 12.9. The topological polar surface area (TPSA) is 72.1 Å². The number of nitrogens with zero attached hydrogens (tertiary/aromatic N) is 3. The summed E-state index contributed by atoms with van der Waals surface area (Å²) in [6.07, 6.45) is 5.13. The first kappa shape index (κ1) is 18.8. The molecule has 3 heterocycles. The monoisotopic (exact) mass is 414 g/mol. The van der Waals surface area contributed by atoms with Crippen LogP contribution in [0.3, 0.4) is 0 Å². The average Bonchev–Trinajstić information content (AvgIpc) is 3.23. The van der Waals surface area contributed by atoms with Crippen LogP contribution in [0, 0.1) is 0 Å². The van der Waals surface area contributed by atoms with E-state index in [-0.39, 0.29) is 5.91 Å². The SMILES string of the molecule is Nc1ncc(-c2cccc(C(=O)N3CCCCC3)c2)cc1-c1nc2ccccc2s1. The number of carbonyl (C=O) groups is 1. The first-order chi connectivity index (χ1) is 14.7. The van der Waals surface area contributed by atoms with Gasteiger partial charge >= 0.3 is 0 Å². The number of anilines is 1. The number of nitrogens with two attached hydrogens (primary N) is 1. The number of carbonyl (C=O) groups excluding carboxylic acids is 1. The van der Waals surface area contributed by atoms with Gasteiger partial charge in [0.1, 0.15) is 10.8 Å². The summed E-state index contributed by atoms with van der Waals surface area (Å²) in [4.78, 5) is 24.0. The van der Waals surface area contributed by atoms with E-state index in [0.717, 1.165) is 57.8 Å². The minimum atomic E-state index is 0.103. The molecule has 0 atom stereocenters. The minimum absolute atomic E-state index is 0.103. The number of likely N-dealkylation sites (tertiary alicyclic amines) is 1. The molecule has 5 nitrogen and oxygen atoms in total. The van der Waals surface area contributed by atoms with Crippen LogP contribution in [0.15, 0.2) is 60.8 Å². The molecule has 2 aromatic carbocycles. The molecule has 0 saturated carbocycles. The lowest BCUT2D eigenvalue weighted by atomic mass is 10.0. The summed E-state index contributed by atoms with van der Waals surface area (Å²) < 4.78 is 1.12. The Hall–Kier alpha value is -3.25. The number of fused-ring (bicyclic) bond motifs is 1. The summed E-state index contributed by atoms with van der Waals surface area (Å²) >= 11 is 1.60. The Morgan fingerprint density at radius 3 is 2.63 bits per heavy atom. The smallest absolute Gasteiger partial charge is 0.253 e. The zero-order valence-electron chi connectivity index (χ0n) is 16.5. The van der Waals surface area contributed by atoms with Crippen molar-refractivity contribution in [1.82, 2.24) is 14.9 Å². The van der Waals surface area contributed by atoms with Crippen LogP contribution >= 0.6 is 11.3 Å². The lowest BCUT2D eigenvalue weighted by molar-refractivity contribution is 0.0724. The summed E-state index contributed by atoms with van der Waals surface area (Å²) in [6, 6.07) is 17.8. The highest BCUT2D eigenvalue weighted by Crippen LogP contribution is 2.35.